The summed E-state index contributed by atoms with van der Waals surface area (Å²) in [7, 11) is 0. The molecule has 0 saturated carbocycles. The molecule has 0 saturated heterocycles. The second-order valence-corrected chi connectivity index (χ2v) is 4.38. The van der Waals surface area contributed by atoms with Crippen LogP contribution in [-0.4, -0.2) is 5.91 Å². The van der Waals surface area contributed by atoms with Gasteiger partial charge in [-0.2, -0.15) is 13.2 Å². The molecule has 0 unspecified atom stereocenters. The molecule has 110 valence electrons. The molecule has 2 rings (SSSR count). The molecule has 0 bridgehead atoms. The fourth-order valence-electron chi connectivity index (χ4n) is 1.73. The molecule has 0 aromatic heterocycles. The minimum absolute atomic E-state index is 0.0344. The third-order valence-electron chi connectivity index (χ3n) is 2.77. The van der Waals surface area contributed by atoms with Crippen molar-refractivity contribution < 1.29 is 18.0 Å². The van der Waals surface area contributed by atoms with E-state index >= 15 is 0 Å². The first-order valence-corrected chi connectivity index (χ1v) is 5.91. The van der Waals surface area contributed by atoms with Gasteiger partial charge >= 0.3 is 6.18 Å². The molecule has 1 amide bonds. The van der Waals surface area contributed by atoms with Crippen LogP contribution in [0.1, 0.15) is 15.9 Å². The number of hydrogen-bond donors (Lipinski definition) is 3. The van der Waals surface area contributed by atoms with Crippen LogP contribution < -0.4 is 16.8 Å². The Morgan fingerprint density at radius 3 is 2.10 bits per heavy atom. The molecule has 0 radical (unpaired) electrons. The van der Waals surface area contributed by atoms with Crippen molar-refractivity contribution in [2.24, 2.45) is 0 Å². The Kier molecular flexibility index (Phi) is 3.75. The molecule has 2 aromatic carbocycles. The summed E-state index contributed by atoms with van der Waals surface area (Å²) in [6, 6.07) is 9.01. The predicted octanol–water partition coefficient (Wildman–Crippen LogP) is 3.12. The van der Waals surface area contributed by atoms with Crippen LogP contribution in [0.4, 0.5) is 30.2 Å². The first-order chi connectivity index (χ1) is 9.77. The van der Waals surface area contributed by atoms with Gasteiger partial charge < -0.3 is 16.8 Å². The van der Waals surface area contributed by atoms with Gasteiger partial charge in [0.2, 0.25) is 0 Å². The number of alkyl halides is 3. The van der Waals surface area contributed by atoms with Crippen molar-refractivity contribution in [3.63, 3.8) is 0 Å². The second-order valence-electron chi connectivity index (χ2n) is 4.38. The Morgan fingerprint density at radius 2 is 1.52 bits per heavy atom. The fraction of sp³-hybridized carbons (Fsp3) is 0.0714. The number of anilines is 3. The highest BCUT2D eigenvalue weighted by Crippen LogP contribution is 2.36. The standard InChI is InChI=1S/C14H12F3N3O/c15-14(16,17)11-7-10(19)5-6-12(11)20-13(21)8-1-3-9(18)4-2-8/h1-7H,18-19H2,(H,20,21). The quantitative estimate of drug-likeness (QED) is 0.744. The Bertz CT molecular complexity index is 666. The molecule has 7 heteroatoms. The van der Waals surface area contributed by atoms with E-state index in [2.05, 4.69) is 5.32 Å². The molecule has 0 fully saturated rings. The zero-order valence-electron chi connectivity index (χ0n) is 10.7. The van der Waals surface area contributed by atoms with Gasteiger partial charge in [0.25, 0.3) is 5.91 Å². The summed E-state index contributed by atoms with van der Waals surface area (Å²) >= 11 is 0. The summed E-state index contributed by atoms with van der Waals surface area (Å²) in [5.74, 6) is -0.662. The van der Waals surface area contributed by atoms with Crippen molar-refractivity contribution in [1.29, 1.82) is 0 Å². The van der Waals surface area contributed by atoms with Crippen LogP contribution in [0.5, 0.6) is 0 Å². The van der Waals surface area contributed by atoms with Crippen LogP contribution in [0.25, 0.3) is 0 Å². The minimum atomic E-state index is -4.61. The number of halogens is 3. The van der Waals surface area contributed by atoms with E-state index in [0.29, 0.717) is 5.69 Å². The molecule has 0 aliphatic carbocycles. The highest BCUT2D eigenvalue weighted by molar-refractivity contribution is 6.05. The average molecular weight is 295 g/mol. The predicted molar refractivity (Wildman–Crippen MR) is 74.7 cm³/mol. The summed E-state index contributed by atoms with van der Waals surface area (Å²) in [6.07, 6.45) is -4.61. The second kappa shape index (κ2) is 5.35. The lowest BCUT2D eigenvalue weighted by atomic mass is 10.1. The Labute approximate surface area is 118 Å². The number of nitrogens with one attached hydrogen (secondary N) is 1. The highest BCUT2D eigenvalue weighted by atomic mass is 19.4. The molecule has 0 atom stereocenters. The van der Waals surface area contributed by atoms with Crippen molar-refractivity contribution in [2.75, 3.05) is 16.8 Å². The molecule has 5 N–H and O–H groups in total. The van der Waals surface area contributed by atoms with Crippen LogP contribution >= 0.6 is 0 Å². The number of rotatable bonds is 2. The molecule has 0 aliphatic heterocycles. The molecular formula is C14H12F3N3O. The van der Waals surface area contributed by atoms with Gasteiger partial charge in [-0.15, -0.1) is 0 Å². The van der Waals surface area contributed by atoms with E-state index in [0.717, 1.165) is 12.1 Å². The molecule has 0 heterocycles. The molecule has 0 spiro atoms. The number of nitrogen functional groups attached to an aromatic ring is 2. The van der Waals surface area contributed by atoms with Crippen LogP contribution in [0.3, 0.4) is 0 Å². The van der Waals surface area contributed by atoms with Crippen LogP contribution in [0.2, 0.25) is 0 Å². The largest absolute Gasteiger partial charge is 0.418 e. The third-order valence-corrected chi connectivity index (χ3v) is 2.77. The first kappa shape index (κ1) is 14.7. The van der Waals surface area contributed by atoms with Gasteiger partial charge in [0.05, 0.1) is 11.3 Å². The van der Waals surface area contributed by atoms with Crippen molar-refractivity contribution in [3.05, 3.63) is 53.6 Å². The number of carbonyl (C=O) groups is 1. The average Bonchev–Trinajstić information content (AvgIpc) is 2.40. The van der Waals surface area contributed by atoms with E-state index in [-0.39, 0.29) is 16.9 Å². The highest BCUT2D eigenvalue weighted by Gasteiger charge is 2.34. The minimum Gasteiger partial charge on any atom is -0.399 e. The summed E-state index contributed by atoms with van der Waals surface area (Å²) < 4.78 is 38.7. The maximum atomic E-state index is 12.9. The van der Waals surface area contributed by atoms with Crippen LogP contribution in [0, 0.1) is 0 Å². The van der Waals surface area contributed by atoms with E-state index in [9.17, 15) is 18.0 Å². The molecule has 0 aliphatic rings. The molecule has 21 heavy (non-hydrogen) atoms. The summed E-state index contributed by atoms with van der Waals surface area (Å²) in [5.41, 5.74) is 10.1. The Morgan fingerprint density at radius 1 is 0.952 bits per heavy atom. The molecular weight excluding hydrogens is 283 g/mol. The van der Waals surface area contributed by atoms with Crippen LogP contribution in [0.15, 0.2) is 42.5 Å². The molecule has 2 aromatic rings. The van der Waals surface area contributed by atoms with Crippen LogP contribution in [-0.2, 0) is 6.18 Å². The maximum absolute atomic E-state index is 12.9. The van der Waals surface area contributed by atoms with Gasteiger partial charge in [-0.3, -0.25) is 4.79 Å². The van der Waals surface area contributed by atoms with Gasteiger partial charge in [-0.1, -0.05) is 0 Å². The normalized spacial score (nSPS) is 11.2. The van der Waals surface area contributed by atoms with Gasteiger partial charge in [-0.05, 0) is 42.5 Å². The zero-order valence-corrected chi connectivity index (χ0v) is 10.7. The maximum Gasteiger partial charge on any atom is 0.418 e. The van der Waals surface area contributed by atoms with E-state index in [1.165, 1.54) is 30.3 Å². The third kappa shape index (κ3) is 3.44. The van der Waals surface area contributed by atoms with Gasteiger partial charge in [0.1, 0.15) is 0 Å². The van der Waals surface area contributed by atoms with Gasteiger partial charge in [0, 0.05) is 16.9 Å². The number of carbonyl (C=O) groups excluding carboxylic acids is 1. The van der Waals surface area contributed by atoms with E-state index < -0.39 is 17.6 Å². The molecule has 4 nitrogen and oxygen atoms in total. The van der Waals surface area contributed by atoms with Crippen molar-refractivity contribution in [3.8, 4) is 0 Å². The number of amides is 1. The number of benzene rings is 2. The summed E-state index contributed by atoms with van der Waals surface area (Å²) in [4.78, 5) is 11.9. The number of hydrogen-bond acceptors (Lipinski definition) is 3. The van der Waals surface area contributed by atoms with Gasteiger partial charge in [-0.25, -0.2) is 0 Å². The zero-order chi connectivity index (χ0) is 15.6. The van der Waals surface area contributed by atoms with Crippen molar-refractivity contribution in [2.45, 2.75) is 6.18 Å². The topological polar surface area (TPSA) is 81.1 Å². The summed E-state index contributed by atoms with van der Waals surface area (Å²) in [5, 5.41) is 2.22. The van der Waals surface area contributed by atoms with E-state index in [1.807, 2.05) is 0 Å². The SMILES string of the molecule is Nc1ccc(C(=O)Nc2ccc(N)cc2C(F)(F)F)cc1. The fourth-order valence-corrected chi connectivity index (χ4v) is 1.73. The monoisotopic (exact) mass is 295 g/mol. The number of nitrogens with two attached hydrogens (primary N) is 2. The lowest BCUT2D eigenvalue weighted by molar-refractivity contribution is -0.136. The summed E-state index contributed by atoms with van der Waals surface area (Å²) in [6.45, 7) is 0. The lowest BCUT2D eigenvalue weighted by Crippen LogP contribution is -2.17. The van der Waals surface area contributed by atoms with Crippen molar-refractivity contribution >= 4 is 23.0 Å². The first-order valence-electron chi connectivity index (χ1n) is 5.91. The van der Waals surface area contributed by atoms with Gasteiger partial charge in [0.15, 0.2) is 0 Å². The Balaban J connectivity index is 2.31. The lowest BCUT2D eigenvalue weighted by Gasteiger charge is -2.14. The Hall–Kier alpha value is -2.70. The van der Waals surface area contributed by atoms with E-state index in [1.54, 1.807) is 0 Å². The van der Waals surface area contributed by atoms with E-state index in [4.69, 9.17) is 11.5 Å². The van der Waals surface area contributed by atoms with Crippen molar-refractivity contribution in [1.82, 2.24) is 0 Å². The smallest absolute Gasteiger partial charge is 0.399 e.